The van der Waals surface area contributed by atoms with Gasteiger partial charge in [-0.1, -0.05) is 19.8 Å². The molecule has 2 heterocycles. The highest BCUT2D eigenvalue weighted by atomic mass is 15.3. The molecule has 0 aromatic rings. The summed E-state index contributed by atoms with van der Waals surface area (Å²) in [6.07, 6.45) is 6.88. The molecule has 2 fully saturated rings. The lowest BCUT2D eigenvalue weighted by molar-refractivity contribution is 0.0936. The average Bonchev–Trinajstić information content (AvgIpc) is 2.67. The van der Waals surface area contributed by atoms with Crippen LogP contribution >= 0.6 is 0 Å². The van der Waals surface area contributed by atoms with Crippen LogP contribution in [0.5, 0.6) is 0 Å². The molecule has 0 radical (unpaired) electrons. The molecule has 3 nitrogen and oxygen atoms in total. The summed E-state index contributed by atoms with van der Waals surface area (Å²) in [7, 11) is 0. The van der Waals surface area contributed by atoms with Crippen LogP contribution in [0.4, 0.5) is 0 Å². The van der Waals surface area contributed by atoms with E-state index in [0.717, 1.165) is 12.1 Å². The summed E-state index contributed by atoms with van der Waals surface area (Å²) >= 11 is 0. The molecule has 2 aliphatic rings. The fourth-order valence-corrected chi connectivity index (χ4v) is 3.21. The van der Waals surface area contributed by atoms with Gasteiger partial charge in [0.1, 0.15) is 0 Å². The third kappa shape index (κ3) is 4.22. The van der Waals surface area contributed by atoms with E-state index in [1.54, 1.807) is 0 Å². The van der Waals surface area contributed by atoms with E-state index in [-0.39, 0.29) is 0 Å². The lowest BCUT2D eigenvalue weighted by Crippen LogP contribution is -2.52. The second-order valence-corrected chi connectivity index (χ2v) is 6.09. The largest absolute Gasteiger partial charge is 0.313 e. The minimum atomic E-state index is 0.752. The van der Waals surface area contributed by atoms with Gasteiger partial charge >= 0.3 is 0 Å². The molecule has 1 N–H and O–H groups in total. The monoisotopic (exact) mass is 253 g/mol. The van der Waals surface area contributed by atoms with E-state index >= 15 is 0 Å². The van der Waals surface area contributed by atoms with E-state index in [9.17, 15) is 0 Å². The molecule has 0 aromatic heterocycles. The SMILES string of the molecule is CCC(C)N1CCN(CC2CCCCCN2)CC1. The Hall–Kier alpha value is -0.120. The molecule has 2 rings (SSSR count). The lowest BCUT2D eigenvalue weighted by Gasteiger charge is -2.39. The van der Waals surface area contributed by atoms with Gasteiger partial charge in [0.2, 0.25) is 0 Å². The first-order valence-electron chi connectivity index (χ1n) is 7.99. The summed E-state index contributed by atoms with van der Waals surface area (Å²) in [6, 6.07) is 1.52. The van der Waals surface area contributed by atoms with Crippen LogP contribution in [0.25, 0.3) is 0 Å². The fraction of sp³-hybridized carbons (Fsp3) is 1.00. The Morgan fingerprint density at radius 2 is 1.89 bits per heavy atom. The second kappa shape index (κ2) is 7.46. The van der Waals surface area contributed by atoms with Crippen LogP contribution in [-0.4, -0.2) is 61.2 Å². The highest BCUT2D eigenvalue weighted by molar-refractivity contribution is 4.80. The van der Waals surface area contributed by atoms with Crippen molar-refractivity contribution in [2.45, 2.75) is 58.0 Å². The van der Waals surface area contributed by atoms with Gasteiger partial charge in [0.05, 0.1) is 0 Å². The Morgan fingerprint density at radius 3 is 2.61 bits per heavy atom. The Balaban J connectivity index is 1.69. The van der Waals surface area contributed by atoms with Gasteiger partial charge in [-0.2, -0.15) is 0 Å². The van der Waals surface area contributed by atoms with Crippen LogP contribution in [0.2, 0.25) is 0 Å². The molecule has 0 amide bonds. The fourth-order valence-electron chi connectivity index (χ4n) is 3.21. The van der Waals surface area contributed by atoms with Crippen LogP contribution in [-0.2, 0) is 0 Å². The normalized spacial score (nSPS) is 30.0. The summed E-state index contributed by atoms with van der Waals surface area (Å²) in [6.45, 7) is 12.2. The van der Waals surface area contributed by atoms with Crippen molar-refractivity contribution >= 4 is 0 Å². The maximum absolute atomic E-state index is 3.72. The van der Waals surface area contributed by atoms with Crippen molar-refractivity contribution in [2.24, 2.45) is 0 Å². The van der Waals surface area contributed by atoms with Gasteiger partial charge in [-0.15, -0.1) is 0 Å². The zero-order chi connectivity index (χ0) is 12.8. The molecule has 3 heteroatoms. The van der Waals surface area contributed by atoms with Crippen LogP contribution in [0.1, 0.15) is 46.0 Å². The molecule has 2 saturated heterocycles. The highest BCUT2D eigenvalue weighted by Crippen LogP contribution is 2.12. The van der Waals surface area contributed by atoms with Gasteiger partial charge in [0.15, 0.2) is 0 Å². The Labute approximate surface area is 113 Å². The van der Waals surface area contributed by atoms with E-state index in [2.05, 4.69) is 29.0 Å². The molecule has 2 unspecified atom stereocenters. The average molecular weight is 253 g/mol. The Morgan fingerprint density at radius 1 is 1.11 bits per heavy atom. The number of nitrogens with one attached hydrogen (secondary N) is 1. The first-order chi connectivity index (χ1) is 8.79. The van der Waals surface area contributed by atoms with E-state index in [1.165, 1.54) is 71.4 Å². The van der Waals surface area contributed by atoms with Crippen LogP contribution < -0.4 is 5.32 Å². The highest BCUT2D eigenvalue weighted by Gasteiger charge is 2.22. The summed E-state index contributed by atoms with van der Waals surface area (Å²) in [5.74, 6) is 0. The zero-order valence-electron chi connectivity index (χ0n) is 12.3. The summed E-state index contributed by atoms with van der Waals surface area (Å²) < 4.78 is 0. The Bertz CT molecular complexity index is 216. The molecule has 0 saturated carbocycles. The molecule has 0 aliphatic carbocycles. The third-order valence-electron chi connectivity index (χ3n) is 4.76. The maximum atomic E-state index is 3.72. The molecule has 0 bridgehead atoms. The van der Waals surface area contributed by atoms with Gasteiger partial charge in [0.25, 0.3) is 0 Å². The van der Waals surface area contributed by atoms with Crippen LogP contribution in [0, 0.1) is 0 Å². The second-order valence-electron chi connectivity index (χ2n) is 6.09. The number of hydrogen-bond donors (Lipinski definition) is 1. The van der Waals surface area contributed by atoms with Crippen LogP contribution in [0.3, 0.4) is 0 Å². The van der Waals surface area contributed by atoms with Crippen molar-refractivity contribution in [3.63, 3.8) is 0 Å². The predicted molar refractivity (Wildman–Crippen MR) is 78.0 cm³/mol. The quantitative estimate of drug-likeness (QED) is 0.826. The molecule has 2 atom stereocenters. The Kier molecular flexibility index (Phi) is 5.93. The lowest BCUT2D eigenvalue weighted by atomic mass is 10.1. The van der Waals surface area contributed by atoms with Crippen LogP contribution in [0.15, 0.2) is 0 Å². The molecule has 0 spiro atoms. The van der Waals surface area contributed by atoms with Crippen molar-refractivity contribution in [1.82, 2.24) is 15.1 Å². The van der Waals surface area contributed by atoms with Crippen molar-refractivity contribution < 1.29 is 0 Å². The molecular formula is C15H31N3. The first kappa shape index (κ1) is 14.3. The van der Waals surface area contributed by atoms with E-state index in [1.807, 2.05) is 0 Å². The number of piperazine rings is 1. The minimum Gasteiger partial charge on any atom is -0.313 e. The van der Waals surface area contributed by atoms with Crippen molar-refractivity contribution in [1.29, 1.82) is 0 Å². The van der Waals surface area contributed by atoms with Gasteiger partial charge < -0.3 is 5.32 Å². The number of rotatable bonds is 4. The molecule has 18 heavy (non-hydrogen) atoms. The van der Waals surface area contributed by atoms with Gasteiger partial charge in [-0.25, -0.2) is 0 Å². The molecule has 0 aromatic carbocycles. The topological polar surface area (TPSA) is 18.5 Å². The van der Waals surface area contributed by atoms with Crippen molar-refractivity contribution in [3.05, 3.63) is 0 Å². The number of hydrogen-bond acceptors (Lipinski definition) is 3. The van der Waals surface area contributed by atoms with Gasteiger partial charge in [-0.3, -0.25) is 9.80 Å². The summed E-state index contributed by atoms with van der Waals surface area (Å²) in [4.78, 5) is 5.32. The van der Waals surface area contributed by atoms with E-state index in [4.69, 9.17) is 0 Å². The zero-order valence-corrected chi connectivity index (χ0v) is 12.3. The summed E-state index contributed by atoms with van der Waals surface area (Å²) in [5, 5.41) is 3.72. The number of nitrogens with zero attached hydrogens (tertiary/aromatic N) is 2. The third-order valence-corrected chi connectivity index (χ3v) is 4.76. The van der Waals surface area contributed by atoms with E-state index in [0.29, 0.717) is 0 Å². The molecule has 106 valence electrons. The van der Waals surface area contributed by atoms with E-state index < -0.39 is 0 Å². The van der Waals surface area contributed by atoms with Crippen molar-refractivity contribution in [2.75, 3.05) is 39.3 Å². The maximum Gasteiger partial charge on any atom is 0.0195 e. The standard InChI is InChI=1S/C15H31N3/c1-3-14(2)18-11-9-17(10-12-18)13-15-7-5-4-6-8-16-15/h14-16H,3-13H2,1-2H3. The minimum absolute atomic E-state index is 0.752. The summed E-state index contributed by atoms with van der Waals surface area (Å²) in [5.41, 5.74) is 0. The van der Waals surface area contributed by atoms with Gasteiger partial charge in [-0.05, 0) is 32.7 Å². The molecular weight excluding hydrogens is 222 g/mol. The van der Waals surface area contributed by atoms with Crippen molar-refractivity contribution in [3.8, 4) is 0 Å². The predicted octanol–water partition coefficient (Wildman–Crippen LogP) is 1.93. The molecule has 2 aliphatic heterocycles. The smallest absolute Gasteiger partial charge is 0.0195 e. The van der Waals surface area contributed by atoms with Gasteiger partial charge in [0, 0.05) is 44.8 Å². The first-order valence-corrected chi connectivity index (χ1v) is 7.99.